The monoisotopic (exact) mass is 269 g/mol. The van der Waals surface area contributed by atoms with Crippen LogP contribution in [0.4, 0.5) is 4.39 Å². The summed E-state index contributed by atoms with van der Waals surface area (Å²) < 4.78 is 20.7. The molecule has 20 heavy (non-hydrogen) atoms. The molecule has 0 aliphatic heterocycles. The smallest absolute Gasteiger partial charge is 0.227 e. The average Bonchev–Trinajstić information content (AvgIpc) is 2.82. The Balaban J connectivity index is 2.02. The molecule has 0 N–H and O–H groups in total. The molecule has 3 aromatic rings. The fraction of sp³-hybridized carbons (Fsp3) is 0.125. The van der Waals surface area contributed by atoms with Crippen molar-refractivity contribution >= 4 is 0 Å². The molecule has 0 saturated heterocycles. The summed E-state index contributed by atoms with van der Waals surface area (Å²) in [6.07, 6.45) is 3.87. The lowest BCUT2D eigenvalue weighted by Crippen LogP contribution is -2.25. The fourth-order valence-corrected chi connectivity index (χ4v) is 2.03. The standard InChI is InChI=1S/C16H14FN2O/c1-11-15(12-3-5-14(17)6-4-12)20-16(18-11)13-7-9-19(2)10-8-13/h3-10H,1-2H3/q+1. The van der Waals surface area contributed by atoms with Gasteiger partial charge in [-0.1, -0.05) is 0 Å². The normalized spacial score (nSPS) is 10.8. The molecule has 0 aliphatic rings. The molecule has 100 valence electrons. The number of nitrogens with zero attached hydrogens (tertiary/aromatic N) is 2. The number of halogens is 1. The van der Waals surface area contributed by atoms with Gasteiger partial charge in [0.2, 0.25) is 5.89 Å². The molecule has 0 fully saturated rings. The Morgan fingerprint density at radius 2 is 1.65 bits per heavy atom. The van der Waals surface area contributed by atoms with E-state index in [1.54, 1.807) is 12.1 Å². The van der Waals surface area contributed by atoms with Gasteiger partial charge in [0.1, 0.15) is 12.9 Å². The molecule has 2 aromatic heterocycles. The summed E-state index contributed by atoms with van der Waals surface area (Å²) in [6.45, 7) is 1.88. The number of aromatic nitrogens is 2. The maximum absolute atomic E-state index is 13.0. The van der Waals surface area contributed by atoms with Crippen molar-refractivity contribution in [2.24, 2.45) is 7.05 Å². The zero-order valence-corrected chi connectivity index (χ0v) is 11.3. The molecular weight excluding hydrogens is 255 g/mol. The van der Waals surface area contributed by atoms with Crippen molar-refractivity contribution in [2.75, 3.05) is 0 Å². The third-order valence-corrected chi connectivity index (χ3v) is 3.13. The lowest BCUT2D eigenvalue weighted by Gasteiger charge is -1.97. The number of aryl methyl sites for hydroxylation is 2. The molecule has 0 aliphatic carbocycles. The van der Waals surface area contributed by atoms with Crippen LogP contribution in [0.1, 0.15) is 5.69 Å². The van der Waals surface area contributed by atoms with E-state index in [1.807, 2.05) is 43.1 Å². The Bertz CT molecular complexity index is 730. The predicted octanol–water partition coefficient (Wildman–Crippen LogP) is 3.28. The first kappa shape index (κ1) is 12.5. The minimum Gasteiger partial charge on any atom is -0.436 e. The van der Waals surface area contributed by atoms with Crippen molar-refractivity contribution in [1.82, 2.24) is 4.98 Å². The number of hydrogen-bond donors (Lipinski definition) is 0. The van der Waals surface area contributed by atoms with Crippen LogP contribution in [-0.4, -0.2) is 4.98 Å². The van der Waals surface area contributed by atoms with Gasteiger partial charge in [-0.2, -0.15) is 0 Å². The molecule has 3 nitrogen and oxygen atoms in total. The van der Waals surface area contributed by atoms with E-state index >= 15 is 0 Å². The first-order valence-electron chi connectivity index (χ1n) is 6.32. The molecule has 0 spiro atoms. The molecule has 0 atom stereocenters. The second-order valence-corrected chi connectivity index (χ2v) is 4.69. The van der Waals surface area contributed by atoms with Gasteiger partial charge in [-0.3, -0.25) is 0 Å². The molecule has 0 radical (unpaired) electrons. The van der Waals surface area contributed by atoms with E-state index in [0.29, 0.717) is 11.7 Å². The topological polar surface area (TPSA) is 29.9 Å². The van der Waals surface area contributed by atoms with Crippen molar-refractivity contribution in [3.8, 4) is 22.8 Å². The first-order chi connectivity index (χ1) is 9.63. The highest BCUT2D eigenvalue weighted by Crippen LogP contribution is 2.29. The van der Waals surface area contributed by atoms with Gasteiger partial charge in [0.05, 0.1) is 5.69 Å². The maximum atomic E-state index is 13.0. The van der Waals surface area contributed by atoms with Crippen molar-refractivity contribution in [3.05, 3.63) is 60.3 Å². The van der Waals surface area contributed by atoms with Crippen molar-refractivity contribution in [1.29, 1.82) is 0 Å². The minimum absolute atomic E-state index is 0.262. The quantitative estimate of drug-likeness (QED) is 0.668. The highest BCUT2D eigenvalue weighted by Gasteiger charge is 2.13. The molecule has 0 amide bonds. The SMILES string of the molecule is Cc1nc(-c2cc[n+](C)cc2)oc1-c1ccc(F)cc1. The fourth-order valence-electron chi connectivity index (χ4n) is 2.03. The predicted molar refractivity (Wildman–Crippen MR) is 73.2 cm³/mol. The summed E-state index contributed by atoms with van der Waals surface area (Å²) in [4.78, 5) is 4.44. The van der Waals surface area contributed by atoms with Gasteiger partial charge in [-0.15, -0.1) is 0 Å². The molecule has 0 bridgehead atoms. The van der Waals surface area contributed by atoms with E-state index in [1.165, 1.54) is 12.1 Å². The molecule has 3 rings (SSSR count). The van der Waals surface area contributed by atoms with Crippen LogP contribution in [0.2, 0.25) is 0 Å². The number of pyridine rings is 1. The van der Waals surface area contributed by atoms with E-state index in [-0.39, 0.29) is 5.82 Å². The van der Waals surface area contributed by atoms with Crippen LogP contribution in [0.25, 0.3) is 22.8 Å². The Morgan fingerprint density at radius 3 is 2.30 bits per heavy atom. The summed E-state index contributed by atoms with van der Waals surface area (Å²) in [5, 5.41) is 0. The Hall–Kier alpha value is -2.49. The van der Waals surface area contributed by atoms with Crippen LogP contribution in [0, 0.1) is 12.7 Å². The van der Waals surface area contributed by atoms with Gasteiger partial charge in [0.15, 0.2) is 18.2 Å². The maximum Gasteiger partial charge on any atom is 0.227 e. The van der Waals surface area contributed by atoms with Crippen molar-refractivity contribution in [2.45, 2.75) is 6.92 Å². The zero-order chi connectivity index (χ0) is 14.1. The molecule has 4 heteroatoms. The average molecular weight is 269 g/mol. The van der Waals surface area contributed by atoms with Gasteiger partial charge in [-0.05, 0) is 31.2 Å². The summed E-state index contributed by atoms with van der Waals surface area (Å²) in [6, 6.07) is 10.1. The molecule has 2 heterocycles. The largest absolute Gasteiger partial charge is 0.436 e. The van der Waals surface area contributed by atoms with Crippen LogP contribution in [0.15, 0.2) is 53.2 Å². The molecule has 1 aromatic carbocycles. The van der Waals surface area contributed by atoms with Gasteiger partial charge in [0.25, 0.3) is 0 Å². The van der Waals surface area contributed by atoms with Crippen LogP contribution < -0.4 is 4.57 Å². The summed E-state index contributed by atoms with van der Waals surface area (Å²) >= 11 is 0. The zero-order valence-electron chi connectivity index (χ0n) is 11.3. The molecular formula is C16H14FN2O+. The lowest BCUT2D eigenvalue weighted by atomic mass is 10.1. The van der Waals surface area contributed by atoms with Crippen molar-refractivity contribution < 1.29 is 13.4 Å². The Kier molecular flexibility index (Phi) is 3.06. The van der Waals surface area contributed by atoms with Crippen molar-refractivity contribution in [3.63, 3.8) is 0 Å². The van der Waals surface area contributed by atoms with E-state index in [2.05, 4.69) is 4.98 Å². The van der Waals surface area contributed by atoms with Gasteiger partial charge >= 0.3 is 0 Å². The van der Waals surface area contributed by atoms with Crippen LogP contribution in [-0.2, 0) is 7.05 Å². The third-order valence-electron chi connectivity index (χ3n) is 3.13. The third kappa shape index (κ3) is 2.32. The van der Waals surface area contributed by atoms with Gasteiger partial charge < -0.3 is 4.42 Å². The van der Waals surface area contributed by atoms with Gasteiger partial charge in [0, 0.05) is 23.3 Å². The summed E-state index contributed by atoms with van der Waals surface area (Å²) in [5.41, 5.74) is 2.53. The van der Waals surface area contributed by atoms with E-state index in [0.717, 1.165) is 16.8 Å². The lowest BCUT2D eigenvalue weighted by molar-refractivity contribution is -0.671. The Labute approximate surface area is 116 Å². The second-order valence-electron chi connectivity index (χ2n) is 4.69. The molecule has 0 saturated carbocycles. The van der Waals surface area contributed by atoms with Gasteiger partial charge in [-0.25, -0.2) is 13.9 Å². The first-order valence-corrected chi connectivity index (χ1v) is 6.32. The van der Waals surface area contributed by atoms with Crippen LogP contribution >= 0.6 is 0 Å². The van der Waals surface area contributed by atoms with Crippen LogP contribution in [0.3, 0.4) is 0 Å². The van der Waals surface area contributed by atoms with E-state index in [4.69, 9.17) is 4.42 Å². The number of rotatable bonds is 2. The number of hydrogen-bond acceptors (Lipinski definition) is 2. The number of benzene rings is 1. The molecule has 0 unspecified atom stereocenters. The minimum atomic E-state index is -0.262. The Morgan fingerprint density at radius 1 is 1.00 bits per heavy atom. The summed E-state index contributed by atoms with van der Waals surface area (Å²) in [7, 11) is 1.95. The highest BCUT2D eigenvalue weighted by atomic mass is 19.1. The number of oxazole rings is 1. The van der Waals surface area contributed by atoms with E-state index in [9.17, 15) is 4.39 Å². The van der Waals surface area contributed by atoms with Crippen LogP contribution in [0.5, 0.6) is 0 Å². The second kappa shape index (κ2) is 4.89. The van der Waals surface area contributed by atoms with E-state index < -0.39 is 0 Å². The highest BCUT2D eigenvalue weighted by molar-refractivity contribution is 5.63. The summed E-state index contributed by atoms with van der Waals surface area (Å²) in [5.74, 6) is 0.984.